The Morgan fingerprint density at radius 1 is 0.444 bits per heavy atom. The molecular formula is C38H63NO15. The van der Waals surface area contributed by atoms with Gasteiger partial charge in [-0.15, -0.1) is 0 Å². The van der Waals surface area contributed by atoms with Gasteiger partial charge in [0.05, 0.1) is 163 Å². The number of fused-ring (bicyclic) bond motifs is 1. The smallest absolute Gasteiger partial charge is 0.305 e. The average molecular weight is 774 g/mol. The Bertz CT molecular complexity index is 1040. The fourth-order valence-corrected chi connectivity index (χ4v) is 4.71. The Kier molecular flexibility index (Phi) is 30.7. The minimum absolute atomic E-state index is 0.166. The molecule has 2 amide bonds. The van der Waals surface area contributed by atoms with E-state index in [0.717, 1.165) is 19.3 Å². The molecule has 1 aliphatic rings. The van der Waals surface area contributed by atoms with Crippen LogP contribution in [0.25, 0.3) is 0 Å². The number of hydrogen-bond donors (Lipinski definition) is 0. The van der Waals surface area contributed by atoms with Gasteiger partial charge in [-0.25, -0.2) is 0 Å². The standard InChI is InChI=1S/C38H63NO15/c1-2-3-4-9-36(40)54-33-32-53-31-30-52-29-28-51-27-26-50-25-24-49-23-22-48-21-20-47-19-18-46-17-16-45-15-14-44-13-12-43-11-10-39-37(41)34-7-5-6-8-35(34)38(39)42/h5-8H,2-4,9-33H2,1H3. The Morgan fingerprint density at radius 3 is 1.06 bits per heavy atom. The van der Waals surface area contributed by atoms with Gasteiger partial charge in [0.25, 0.3) is 11.8 Å². The molecule has 54 heavy (non-hydrogen) atoms. The molecule has 0 aliphatic carbocycles. The molecule has 1 aliphatic heterocycles. The number of carbonyl (C=O) groups is 3. The second-order valence-corrected chi connectivity index (χ2v) is 11.7. The van der Waals surface area contributed by atoms with Gasteiger partial charge in [0.15, 0.2) is 0 Å². The summed E-state index contributed by atoms with van der Waals surface area (Å²) >= 11 is 0. The summed E-state index contributed by atoms with van der Waals surface area (Å²) in [4.78, 5) is 37.3. The molecule has 0 unspecified atom stereocenters. The second-order valence-electron chi connectivity index (χ2n) is 11.7. The number of imide groups is 1. The van der Waals surface area contributed by atoms with Crippen LogP contribution in [0.15, 0.2) is 24.3 Å². The largest absolute Gasteiger partial charge is 0.463 e. The third kappa shape index (κ3) is 24.7. The number of hydrogen-bond acceptors (Lipinski definition) is 15. The molecular weight excluding hydrogens is 710 g/mol. The van der Waals surface area contributed by atoms with Gasteiger partial charge < -0.3 is 56.8 Å². The highest BCUT2D eigenvalue weighted by molar-refractivity contribution is 6.21. The maximum Gasteiger partial charge on any atom is 0.305 e. The molecule has 0 bridgehead atoms. The summed E-state index contributed by atoms with van der Waals surface area (Å²) in [5.41, 5.74) is 0.877. The van der Waals surface area contributed by atoms with Crippen LogP contribution in [0, 0.1) is 0 Å². The van der Waals surface area contributed by atoms with Crippen LogP contribution in [0.5, 0.6) is 0 Å². The maximum absolute atomic E-state index is 12.3. The molecule has 1 aromatic carbocycles. The summed E-state index contributed by atoms with van der Waals surface area (Å²) in [5, 5.41) is 0. The van der Waals surface area contributed by atoms with E-state index in [1.54, 1.807) is 24.3 Å². The van der Waals surface area contributed by atoms with Crippen LogP contribution in [0.3, 0.4) is 0 Å². The third-order valence-electron chi connectivity index (χ3n) is 7.53. The zero-order chi connectivity index (χ0) is 38.6. The fraction of sp³-hybridized carbons (Fsp3) is 0.763. The first kappa shape index (κ1) is 47.5. The number of rotatable bonds is 40. The lowest BCUT2D eigenvalue weighted by atomic mass is 10.1. The molecule has 0 saturated carbocycles. The molecule has 16 heteroatoms. The lowest BCUT2D eigenvalue weighted by Gasteiger charge is -2.13. The molecule has 0 atom stereocenters. The molecule has 0 radical (unpaired) electrons. The minimum Gasteiger partial charge on any atom is -0.463 e. The topological polar surface area (TPSA) is 165 Å². The third-order valence-corrected chi connectivity index (χ3v) is 7.53. The SMILES string of the molecule is CCCCCC(=O)OCCOCCOCCOCCOCCOCCOCCOCCOCCOCCOCCOCCN1C(=O)c2ccccc2C1=O. The van der Waals surface area contributed by atoms with Crippen molar-refractivity contribution in [3.63, 3.8) is 0 Å². The van der Waals surface area contributed by atoms with Crippen molar-refractivity contribution in [2.45, 2.75) is 32.6 Å². The molecule has 1 aromatic rings. The van der Waals surface area contributed by atoms with Gasteiger partial charge in [-0.2, -0.15) is 0 Å². The van der Waals surface area contributed by atoms with E-state index < -0.39 is 0 Å². The zero-order valence-corrected chi connectivity index (χ0v) is 32.2. The highest BCUT2D eigenvalue weighted by atomic mass is 16.6. The number of amides is 2. The first-order valence-electron chi connectivity index (χ1n) is 19.1. The molecule has 2 rings (SSSR count). The molecule has 0 saturated heterocycles. The Balaban J connectivity index is 1.16. The van der Waals surface area contributed by atoms with Crippen molar-refractivity contribution in [3.8, 4) is 0 Å². The van der Waals surface area contributed by atoms with Crippen molar-refractivity contribution in [1.82, 2.24) is 4.90 Å². The zero-order valence-electron chi connectivity index (χ0n) is 32.2. The van der Waals surface area contributed by atoms with Crippen molar-refractivity contribution in [3.05, 3.63) is 35.4 Å². The fourth-order valence-electron chi connectivity index (χ4n) is 4.71. The molecule has 1 heterocycles. The molecule has 0 fully saturated rings. The van der Waals surface area contributed by atoms with E-state index >= 15 is 0 Å². The number of esters is 1. The molecule has 16 nitrogen and oxygen atoms in total. The summed E-state index contributed by atoms with van der Waals surface area (Å²) in [6, 6.07) is 6.81. The van der Waals surface area contributed by atoms with E-state index in [-0.39, 0.29) is 37.5 Å². The first-order valence-corrected chi connectivity index (χ1v) is 19.1. The van der Waals surface area contributed by atoms with Crippen LogP contribution in [0.2, 0.25) is 0 Å². The number of ether oxygens (including phenoxy) is 12. The molecule has 0 aromatic heterocycles. The number of carbonyl (C=O) groups excluding carboxylic acids is 3. The number of nitrogens with zero attached hydrogens (tertiary/aromatic N) is 1. The van der Waals surface area contributed by atoms with Gasteiger partial charge in [-0.05, 0) is 18.6 Å². The van der Waals surface area contributed by atoms with Crippen LogP contribution < -0.4 is 0 Å². The Morgan fingerprint density at radius 2 is 0.741 bits per heavy atom. The summed E-state index contributed by atoms with van der Waals surface area (Å²) in [6.07, 6.45) is 3.47. The van der Waals surface area contributed by atoms with Gasteiger partial charge in [0, 0.05) is 6.42 Å². The summed E-state index contributed by atoms with van der Waals surface area (Å²) in [5.74, 6) is -0.728. The van der Waals surface area contributed by atoms with Crippen molar-refractivity contribution in [2.75, 3.05) is 159 Å². The van der Waals surface area contributed by atoms with Gasteiger partial charge in [0.1, 0.15) is 6.61 Å². The highest BCUT2D eigenvalue weighted by Gasteiger charge is 2.34. The van der Waals surface area contributed by atoms with Crippen molar-refractivity contribution in [1.29, 1.82) is 0 Å². The Labute approximate surface area is 320 Å². The van der Waals surface area contributed by atoms with Gasteiger partial charge in [0.2, 0.25) is 0 Å². The van der Waals surface area contributed by atoms with E-state index in [0.29, 0.717) is 156 Å². The summed E-state index contributed by atoms with van der Waals surface area (Å²) in [7, 11) is 0. The van der Waals surface area contributed by atoms with E-state index in [1.807, 2.05) is 0 Å². The number of unbranched alkanes of at least 4 members (excludes halogenated alkanes) is 2. The monoisotopic (exact) mass is 773 g/mol. The average Bonchev–Trinajstić information content (AvgIpc) is 3.42. The van der Waals surface area contributed by atoms with Crippen molar-refractivity contribution < 1.29 is 71.2 Å². The van der Waals surface area contributed by atoms with Crippen LogP contribution in [0.1, 0.15) is 53.3 Å². The van der Waals surface area contributed by atoms with E-state index in [9.17, 15) is 14.4 Å². The van der Waals surface area contributed by atoms with E-state index in [4.69, 9.17) is 56.8 Å². The highest BCUT2D eigenvalue weighted by Crippen LogP contribution is 2.21. The van der Waals surface area contributed by atoms with Crippen molar-refractivity contribution >= 4 is 17.8 Å². The molecule has 0 N–H and O–H groups in total. The molecule has 0 spiro atoms. The number of benzene rings is 1. The lowest BCUT2D eigenvalue weighted by Crippen LogP contribution is -2.33. The molecule has 310 valence electrons. The summed E-state index contributed by atoms with van der Waals surface area (Å²) in [6.45, 7) is 12.4. The van der Waals surface area contributed by atoms with Crippen LogP contribution in [-0.2, 0) is 61.6 Å². The predicted octanol–water partition coefficient (Wildman–Crippen LogP) is 2.59. The Hall–Kier alpha value is -2.61. The van der Waals surface area contributed by atoms with Gasteiger partial charge in [-0.3, -0.25) is 19.3 Å². The van der Waals surface area contributed by atoms with E-state index in [1.165, 1.54) is 4.90 Å². The van der Waals surface area contributed by atoms with E-state index in [2.05, 4.69) is 6.92 Å². The van der Waals surface area contributed by atoms with Gasteiger partial charge >= 0.3 is 5.97 Å². The normalized spacial score (nSPS) is 12.6. The maximum atomic E-state index is 12.3. The van der Waals surface area contributed by atoms with Crippen LogP contribution in [-0.4, -0.2) is 181 Å². The van der Waals surface area contributed by atoms with Crippen molar-refractivity contribution in [2.24, 2.45) is 0 Å². The minimum atomic E-state index is -0.281. The second kappa shape index (κ2) is 34.8. The lowest BCUT2D eigenvalue weighted by molar-refractivity contribution is -0.145. The quantitative estimate of drug-likeness (QED) is 0.0543. The van der Waals surface area contributed by atoms with Crippen LogP contribution in [0.4, 0.5) is 0 Å². The van der Waals surface area contributed by atoms with Crippen LogP contribution >= 0.6 is 0 Å². The predicted molar refractivity (Wildman–Crippen MR) is 196 cm³/mol. The summed E-state index contributed by atoms with van der Waals surface area (Å²) < 4.78 is 65.2. The van der Waals surface area contributed by atoms with Gasteiger partial charge in [-0.1, -0.05) is 31.9 Å². The first-order chi connectivity index (χ1) is 26.6.